The van der Waals surface area contributed by atoms with Crippen molar-refractivity contribution >= 4 is 23.0 Å². The summed E-state index contributed by atoms with van der Waals surface area (Å²) < 4.78 is 0. The first-order valence-corrected chi connectivity index (χ1v) is 7.02. The number of hydrogen-bond acceptors (Lipinski definition) is 1. The molecule has 0 heterocycles. The van der Waals surface area contributed by atoms with Gasteiger partial charge in [-0.05, 0) is 67.3 Å². The van der Waals surface area contributed by atoms with Crippen LogP contribution in [0.15, 0.2) is 36.4 Å². The molecular weight excluding hydrogens is 254 g/mol. The quantitative estimate of drug-likeness (QED) is 0.702. The van der Waals surface area contributed by atoms with Crippen molar-refractivity contribution in [2.75, 3.05) is 11.9 Å². The topological polar surface area (TPSA) is 3.24 Å². The number of anilines is 2. The third kappa shape index (κ3) is 3.10. The third-order valence-electron chi connectivity index (χ3n) is 3.45. The molecule has 0 atom stereocenters. The Hall–Kier alpha value is -1.47. The van der Waals surface area contributed by atoms with Gasteiger partial charge in [0.25, 0.3) is 0 Å². The Morgan fingerprint density at radius 3 is 2.05 bits per heavy atom. The van der Waals surface area contributed by atoms with E-state index in [2.05, 4.69) is 69.1 Å². The number of hydrogen-bond donors (Lipinski definition) is 0. The molecule has 100 valence electrons. The van der Waals surface area contributed by atoms with E-state index in [9.17, 15) is 0 Å². The lowest BCUT2D eigenvalue weighted by atomic mass is 10.1. The van der Waals surface area contributed by atoms with Crippen molar-refractivity contribution in [2.45, 2.75) is 26.7 Å². The summed E-state index contributed by atoms with van der Waals surface area (Å²) in [7, 11) is 2.10. The van der Waals surface area contributed by atoms with E-state index in [4.69, 9.17) is 11.6 Å². The van der Waals surface area contributed by atoms with Crippen molar-refractivity contribution in [1.29, 1.82) is 0 Å². The zero-order chi connectivity index (χ0) is 14.0. The molecule has 2 heteroatoms. The second-order valence-electron chi connectivity index (χ2n) is 5.15. The maximum absolute atomic E-state index is 5.91. The monoisotopic (exact) mass is 273 g/mol. The van der Waals surface area contributed by atoms with Gasteiger partial charge in [-0.25, -0.2) is 0 Å². The number of benzene rings is 2. The maximum atomic E-state index is 5.91. The molecule has 0 aromatic heterocycles. The van der Waals surface area contributed by atoms with E-state index in [1.54, 1.807) is 0 Å². The highest BCUT2D eigenvalue weighted by Gasteiger charge is 2.07. The van der Waals surface area contributed by atoms with Crippen LogP contribution in [0.25, 0.3) is 0 Å². The highest BCUT2D eigenvalue weighted by molar-refractivity contribution is 6.17. The summed E-state index contributed by atoms with van der Waals surface area (Å²) in [4.78, 5) is 2.21. The van der Waals surface area contributed by atoms with Crippen molar-refractivity contribution in [1.82, 2.24) is 0 Å². The molecule has 0 radical (unpaired) electrons. The Morgan fingerprint density at radius 2 is 1.53 bits per heavy atom. The predicted octanol–water partition coefficient (Wildman–Crippen LogP) is 5.12. The van der Waals surface area contributed by atoms with Crippen LogP contribution >= 0.6 is 11.6 Å². The average Bonchev–Trinajstić information content (AvgIpc) is 2.36. The minimum Gasteiger partial charge on any atom is -0.345 e. The Morgan fingerprint density at radius 1 is 0.895 bits per heavy atom. The fourth-order valence-corrected chi connectivity index (χ4v) is 2.63. The SMILES string of the molecule is Cc1cc(C)cc(N(C)c2ccc(CCl)c(C)c2)c1. The first kappa shape index (κ1) is 14.0. The Bertz CT molecular complexity index is 570. The van der Waals surface area contributed by atoms with Crippen LogP contribution < -0.4 is 4.90 Å². The number of halogens is 1. The molecule has 19 heavy (non-hydrogen) atoms. The Kier molecular flexibility index (Phi) is 4.16. The Balaban J connectivity index is 2.38. The molecule has 0 saturated carbocycles. The molecule has 2 aromatic carbocycles. The van der Waals surface area contributed by atoms with Gasteiger partial charge in [0.15, 0.2) is 0 Å². The van der Waals surface area contributed by atoms with Crippen molar-refractivity contribution in [2.24, 2.45) is 0 Å². The van der Waals surface area contributed by atoms with Gasteiger partial charge in [-0.1, -0.05) is 12.1 Å². The molecule has 0 N–H and O–H groups in total. The fourth-order valence-electron chi connectivity index (χ4n) is 2.33. The minimum atomic E-state index is 0.569. The molecule has 2 aromatic rings. The van der Waals surface area contributed by atoms with Gasteiger partial charge in [0.1, 0.15) is 0 Å². The number of nitrogens with zero attached hydrogens (tertiary/aromatic N) is 1. The van der Waals surface area contributed by atoms with Gasteiger partial charge in [-0.3, -0.25) is 0 Å². The van der Waals surface area contributed by atoms with Crippen LogP contribution in [0.1, 0.15) is 22.3 Å². The molecule has 0 spiro atoms. The highest BCUT2D eigenvalue weighted by Crippen LogP contribution is 2.27. The average molecular weight is 274 g/mol. The van der Waals surface area contributed by atoms with Crippen molar-refractivity contribution in [3.63, 3.8) is 0 Å². The maximum Gasteiger partial charge on any atom is 0.0476 e. The number of alkyl halides is 1. The fraction of sp³-hybridized carbons (Fsp3) is 0.294. The van der Waals surface area contributed by atoms with Gasteiger partial charge in [-0.2, -0.15) is 0 Å². The first-order valence-electron chi connectivity index (χ1n) is 6.49. The second kappa shape index (κ2) is 5.66. The van der Waals surface area contributed by atoms with Crippen LogP contribution in [0.5, 0.6) is 0 Å². The third-order valence-corrected chi connectivity index (χ3v) is 3.74. The van der Waals surface area contributed by atoms with Crippen molar-refractivity contribution < 1.29 is 0 Å². The summed E-state index contributed by atoms with van der Waals surface area (Å²) in [6, 6.07) is 13.0. The van der Waals surface area contributed by atoms with Gasteiger partial charge >= 0.3 is 0 Å². The highest BCUT2D eigenvalue weighted by atomic mass is 35.5. The van der Waals surface area contributed by atoms with Crippen LogP contribution in [0.3, 0.4) is 0 Å². The van der Waals surface area contributed by atoms with Crippen LogP contribution in [0, 0.1) is 20.8 Å². The molecule has 1 nitrogen and oxygen atoms in total. The molecule has 0 aliphatic heterocycles. The molecule has 0 fully saturated rings. The van der Waals surface area contributed by atoms with Crippen LogP contribution in [0.2, 0.25) is 0 Å². The molecule has 0 unspecified atom stereocenters. The smallest absolute Gasteiger partial charge is 0.0476 e. The lowest BCUT2D eigenvalue weighted by Gasteiger charge is -2.21. The van der Waals surface area contributed by atoms with Gasteiger partial charge in [0.2, 0.25) is 0 Å². The molecule has 0 amide bonds. The van der Waals surface area contributed by atoms with E-state index in [-0.39, 0.29) is 0 Å². The molecule has 0 bridgehead atoms. The van der Waals surface area contributed by atoms with E-state index < -0.39 is 0 Å². The second-order valence-corrected chi connectivity index (χ2v) is 5.42. The number of aryl methyl sites for hydroxylation is 3. The van der Waals surface area contributed by atoms with Gasteiger partial charge < -0.3 is 4.90 Å². The van der Waals surface area contributed by atoms with E-state index >= 15 is 0 Å². The normalized spacial score (nSPS) is 10.6. The molecule has 0 aliphatic rings. The van der Waals surface area contributed by atoms with Crippen molar-refractivity contribution in [3.05, 3.63) is 58.7 Å². The lowest BCUT2D eigenvalue weighted by Crippen LogP contribution is -2.10. The summed E-state index contributed by atoms with van der Waals surface area (Å²) in [6.07, 6.45) is 0. The lowest BCUT2D eigenvalue weighted by molar-refractivity contribution is 1.17. The van der Waals surface area contributed by atoms with Crippen molar-refractivity contribution in [3.8, 4) is 0 Å². The Labute approximate surface area is 120 Å². The van der Waals surface area contributed by atoms with E-state index in [0.717, 1.165) is 0 Å². The van der Waals surface area contributed by atoms with Crippen LogP contribution in [-0.4, -0.2) is 7.05 Å². The summed E-state index contributed by atoms with van der Waals surface area (Å²) in [6.45, 7) is 6.37. The summed E-state index contributed by atoms with van der Waals surface area (Å²) in [5.74, 6) is 0.569. The van der Waals surface area contributed by atoms with Gasteiger partial charge in [-0.15, -0.1) is 11.6 Å². The number of rotatable bonds is 3. The summed E-state index contributed by atoms with van der Waals surface area (Å²) >= 11 is 5.91. The summed E-state index contributed by atoms with van der Waals surface area (Å²) in [5, 5.41) is 0. The van der Waals surface area contributed by atoms with Gasteiger partial charge in [0, 0.05) is 24.3 Å². The van der Waals surface area contributed by atoms with Crippen LogP contribution in [0.4, 0.5) is 11.4 Å². The van der Waals surface area contributed by atoms with E-state index in [1.807, 2.05) is 0 Å². The van der Waals surface area contributed by atoms with Gasteiger partial charge in [0.05, 0.1) is 0 Å². The summed E-state index contributed by atoms with van der Waals surface area (Å²) in [5.41, 5.74) is 7.42. The van der Waals surface area contributed by atoms with E-state index in [0.29, 0.717) is 5.88 Å². The largest absolute Gasteiger partial charge is 0.345 e. The molecular formula is C17H20ClN. The zero-order valence-corrected chi connectivity index (χ0v) is 12.8. The molecule has 0 saturated heterocycles. The molecule has 2 rings (SSSR count). The van der Waals surface area contributed by atoms with Crippen LogP contribution in [-0.2, 0) is 5.88 Å². The molecule has 0 aliphatic carbocycles. The first-order chi connectivity index (χ1) is 9.01. The zero-order valence-electron chi connectivity index (χ0n) is 12.0. The standard InChI is InChI=1S/C17H20ClN/c1-12-7-13(2)9-17(8-12)19(4)16-6-5-15(11-18)14(3)10-16/h5-10H,11H2,1-4H3. The minimum absolute atomic E-state index is 0.569. The predicted molar refractivity (Wildman–Crippen MR) is 84.7 cm³/mol. The van der Waals surface area contributed by atoms with E-state index in [1.165, 1.54) is 33.6 Å².